The van der Waals surface area contributed by atoms with Crippen LogP contribution in [0.15, 0.2) is 0 Å². The molecule has 2 fully saturated rings. The molecule has 0 aromatic rings. The highest BCUT2D eigenvalue weighted by Crippen LogP contribution is 2.38. The standard InChI is InChI=1S/C14H27NO2/c1-2-13(15)4-3-12-5-8-17-14(11-12)6-9-16-10-7-14/h12-13H,2-11,15H2,1H3. The van der Waals surface area contributed by atoms with Gasteiger partial charge in [0.25, 0.3) is 0 Å². The third-order valence-corrected chi connectivity index (χ3v) is 4.47. The van der Waals surface area contributed by atoms with Crippen molar-refractivity contribution >= 4 is 0 Å². The molecule has 2 N–H and O–H groups in total. The summed E-state index contributed by atoms with van der Waals surface area (Å²) < 4.78 is 11.5. The Bertz CT molecular complexity index is 221. The van der Waals surface area contributed by atoms with Gasteiger partial charge in [0.15, 0.2) is 0 Å². The van der Waals surface area contributed by atoms with Crippen LogP contribution >= 0.6 is 0 Å². The second kappa shape index (κ2) is 6.17. The highest BCUT2D eigenvalue weighted by Gasteiger charge is 2.38. The molecule has 0 aromatic heterocycles. The van der Waals surface area contributed by atoms with E-state index in [0.29, 0.717) is 6.04 Å². The molecule has 0 amide bonds. The van der Waals surface area contributed by atoms with Crippen LogP contribution in [-0.4, -0.2) is 31.5 Å². The van der Waals surface area contributed by atoms with Crippen LogP contribution in [0.3, 0.4) is 0 Å². The highest BCUT2D eigenvalue weighted by molar-refractivity contribution is 4.89. The van der Waals surface area contributed by atoms with Crippen molar-refractivity contribution in [1.29, 1.82) is 0 Å². The Morgan fingerprint density at radius 3 is 2.76 bits per heavy atom. The average Bonchev–Trinajstić information content (AvgIpc) is 2.37. The van der Waals surface area contributed by atoms with Gasteiger partial charge in [-0.1, -0.05) is 6.92 Å². The molecule has 3 heteroatoms. The first kappa shape index (κ1) is 13.3. The molecule has 0 saturated carbocycles. The molecule has 0 bridgehead atoms. The lowest BCUT2D eigenvalue weighted by molar-refractivity contribution is -0.147. The van der Waals surface area contributed by atoms with Crippen molar-refractivity contribution in [2.24, 2.45) is 11.7 Å². The zero-order valence-corrected chi connectivity index (χ0v) is 11.1. The molecule has 2 atom stereocenters. The maximum atomic E-state index is 6.06. The molecular formula is C14H27NO2. The number of hydrogen-bond acceptors (Lipinski definition) is 3. The van der Waals surface area contributed by atoms with Gasteiger partial charge in [-0.15, -0.1) is 0 Å². The van der Waals surface area contributed by atoms with Gasteiger partial charge in [-0.25, -0.2) is 0 Å². The maximum absolute atomic E-state index is 6.06. The van der Waals surface area contributed by atoms with Gasteiger partial charge in [0.2, 0.25) is 0 Å². The van der Waals surface area contributed by atoms with Gasteiger partial charge < -0.3 is 15.2 Å². The fourth-order valence-corrected chi connectivity index (χ4v) is 3.12. The fourth-order valence-electron chi connectivity index (χ4n) is 3.12. The topological polar surface area (TPSA) is 44.5 Å². The second-order valence-electron chi connectivity index (χ2n) is 5.75. The second-order valence-corrected chi connectivity index (χ2v) is 5.75. The van der Waals surface area contributed by atoms with Gasteiger partial charge in [-0.2, -0.15) is 0 Å². The predicted molar refractivity (Wildman–Crippen MR) is 69.0 cm³/mol. The van der Waals surface area contributed by atoms with Gasteiger partial charge in [0.05, 0.1) is 5.60 Å². The minimum atomic E-state index is 0.150. The van der Waals surface area contributed by atoms with Crippen LogP contribution in [0.4, 0.5) is 0 Å². The van der Waals surface area contributed by atoms with Gasteiger partial charge in [-0.05, 0) is 50.9 Å². The zero-order valence-electron chi connectivity index (χ0n) is 11.1. The average molecular weight is 241 g/mol. The fraction of sp³-hybridized carbons (Fsp3) is 1.00. The summed E-state index contributed by atoms with van der Waals surface area (Å²) in [4.78, 5) is 0. The molecule has 3 nitrogen and oxygen atoms in total. The van der Waals surface area contributed by atoms with Crippen molar-refractivity contribution < 1.29 is 9.47 Å². The molecule has 2 aliphatic rings. The van der Waals surface area contributed by atoms with Crippen molar-refractivity contribution in [3.05, 3.63) is 0 Å². The summed E-state index contributed by atoms with van der Waals surface area (Å²) in [6.45, 7) is 4.86. The lowest BCUT2D eigenvalue weighted by Gasteiger charge is -2.43. The van der Waals surface area contributed by atoms with Crippen LogP contribution in [0, 0.1) is 5.92 Å². The van der Waals surface area contributed by atoms with Crippen LogP contribution < -0.4 is 5.73 Å². The third kappa shape index (κ3) is 3.67. The predicted octanol–water partition coefficient (Wildman–Crippen LogP) is 2.48. The first-order chi connectivity index (χ1) is 8.24. The molecular weight excluding hydrogens is 214 g/mol. The van der Waals surface area contributed by atoms with Gasteiger partial charge in [0.1, 0.15) is 0 Å². The minimum Gasteiger partial charge on any atom is -0.381 e. The lowest BCUT2D eigenvalue weighted by Crippen LogP contribution is -2.44. The van der Waals surface area contributed by atoms with Crippen molar-refractivity contribution in [3.8, 4) is 0 Å². The molecule has 2 unspecified atom stereocenters. The van der Waals surface area contributed by atoms with Gasteiger partial charge in [0, 0.05) is 25.9 Å². The van der Waals surface area contributed by atoms with Crippen LogP contribution in [0.5, 0.6) is 0 Å². The normalized spacial score (nSPS) is 30.4. The Kier molecular flexibility index (Phi) is 4.83. The van der Waals surface area contributed by atoms with E-state index in [2.05, 4.69) is 6.92 Å². The van der Waals surface area contributed by atoms with E-state index in [1.807, 2.05) is 0 Å². The Labute approximate surface area is 105 Å². The van der Waals surface area contributed by atoms with Crippen LogP contribution in [0.2, 0.25) is 0 Å². The molecule has 2 heterocycles. The number of nitrogens with two attached hydrogens (primary N) is 1. The quantitative estimate of drug-likeness (QED) is 0.822. The van der Waals surface area contributed by atoms with E-state index >= 15 is 0 Å². The molecule has 17 heavy (non-hydrogen) atoms. The summed E-state index contributed by atoms with van der Waals surface area (Å²) in [5.41, 5.74) is 6.16. The summed E-state index contributed by atoms with van der Waals surface area (Å²) in [5.74, 6) is 0.819. The van der Waals surface area contributed by atoms with Crippen LogP contribution in [0.1, 0.15) is 51.9 Å². The smallest absolute Gasteiger partial charge is 0.0729 e. The van der Waals surface area contributed by atoms with E-state index in [0.717, 1.165) is 45.0 Å². The third-order valence-electron chi connectivity index (χ3n) is 4.47. The monoisotopic (exact) mass is 241 g/mol. The summed E-state index contributed by atoms with van der Waals surface area (Å²) in [6, 6.07) is 0.392. The summed E-state index contributed by atoms with van der Waals surface area (Å²) in [5, 5.41) is 0. The largest absolute Gasteiger partial charge is 0.381 e. The summed E-state index contributed by atoms with van der Waals surface area (Å²) in [7, 11) is 0. The Hall–Kier alpha value is -0.120. The molecule has 1 spiro atoms. The van der Waals surface area contributed by atoms with Crippen molar-refractivity contribution in [2.75, 3.05) is 19.8 Å². The first-order valence-corrected chi connectivity index (χ1v) is 7.21. The molecule has 2 saturated heterocycles. The van der Waals surface area contributed by atoms with Gasteiger partial charge >= 0.3 is 0 Å². The van der Waals surface area contributed by atoms with E-state index in [1.54, 1.807) is 0 Å². The van der Waals surface area contributed by atoms with E-state index < -0.39 is 0 Å². The molecule has 0 aromatic carbocycles. The molecule has 2 aliphatic heterocycles. The molecule has 100 valence electrons. The molecule has 0 radical (unpaired) electrons. The van der Waals surface area contributed by atoms with E-state index in [4.69, 9.17) is 15.2 Å². The number of ether oxygens (including phenoxy) is 2. The Morgan fingerprint density at radius 1 is 1.29 bits per heavy atom. The van der Waals surface area contributed by atoms with E-state index in [1.165, 1.54) is 25.7 Å². The summed E-state index contributed by atoms with van der Waals surface area (Å²) >= 11 is 0. The lowest BCUT2D eigenvalue weighted by atomic mass is 9.78. The Morgan fingerprint density at radius 2 is 2.06 bits per heavy atom. The Balaban J connectivity index is 1.79. The minimum absolute atomic E-state index is 0.150. The first-order valence-electron chi connectivity index (χ1n) is 7.21. The van der Waals surface area contributed by atoms with Crippen LogP contribution in [-0.2, 0) is 9.47 Å². The van der Waals surface area contributed by atoms with E-state index in [9.17, 15) is 0 Å². The zero-order chi connectivity index (χ0) is 12.1. The van der Waals surface area contributed by atoms with Crippen molar-refractivity contribution in [3.63, 3.8) is 0 Å². The maximum Gasteiger partial charge on any atom is 0.0729 e. The van der Waals surface area contributed by atoms with Crippen molar-refractivity contribution in [2.45, 2.75) is 63.5 Å². The van der Waals surface area contributed by atoms with Gasteiger partial charge in [-0.3, -0.25) is 0 Å². The number of rotatable bonds is 4. The number of hydrogen-bond donors (Lipinski definition) is 1. The SMILES string of the molecule is CCC(N)CCC1CCOC2(CCOCC2)C1. The molecule has 0 aliphatic carbocycles. The molecule has 2 rings (SSSR count). The van der Waals surface area contributed by atoms with E-state index in [-0.39, 0.29) is 5.60 Å². The van der Waals surface area contributed by atoms with Crippen LogP contribution in [0.25, 0.3) is 0 Å². The summed E-state index contributed by atoms with van der Waals surface area (Å²) in [6.07, 6.45) is 8.18. The highest BCUT2D eigenvalue weighted by atomic mass is 16.5. The van der Waals surface area contributed by atoms with Crippen molar-refractivity contribution in [1.82, 2.24) is 0 Å².